The Morgan fingerprint density at radius 2 is 2.15 bits per heavy atom. The largest absolute Gasteiger partial charge is 0.333 e. The van der Waals surface area contributed by atoms with Gasteiger partial charge in [-0.25, -0.2) is 9.07 Å². The summed E-state index contributed by atoms with van der Waals surface area (Å²) >= 11 is 0. The van der Waals surface area contributed by atoms with E-state index in [1.807, 2.05) is 4.90 Å². The first-order valence-corrected chi connectivity index (χ1v) is 9.47. The molecule has 2 aliphatic rings. The Labute approximate surface area is 153 Å². The van der Waals surface area contributed by atoms with Gasteiger partial charge in [0.15, 0.2) is 5.69 Å². The molecule has 6 heteroatoms. The van der Waals surface area contributed by atoms with Crippen LogP contribution in [0.2, 0.25) is 0 Å². The van der Waals surface area contributed by atoms with Gasteiger partial charge in [0.2, 0.25) is 0 Å². The van der Waals surface area contributed by atoms with Crippen LogP contribution in [0.1, 0.15) is 47.9 Å². The third-order valence-electron chi connectivity index (χ3n) is 5.72. The monoisotopic (exact) mass is 356 g/mol. The van der Waals surface area contributed by atoms with E-state index in [2.05, 4.69) is 12.0 Å². The van der Waals surface area contributed by atoms with Gasteiger partial charge in [-0.3, -0.25) is 4.79 Å². The first kappa shape index (κ1) is 17.2. The van der Waals surface area contributed by atoms with Gasteiger partial charge in [-0.15, -0.1) is 0 Å². The zero-order valence-electron chi connectivity index (χ0n) is 15.1. The number of amides is 1. The second kappa shape index (κ2) is 6.83. The van der Waals surface area contributed by atoms with Crippen molar-refractivity contribution in [1.29, 1.82) is 0 Å². The normalized spacial score (nSPS) is 22.5. The van der Waals surface area contributed by atoms with Crippen LogP contribution in [-0.2, 0) is 12.8 Å². The molecule has 5 nitrogen and oxygen atoms in total. The molecule has 4 rings (SSSR count). The molecule has 0 bridgehead atoms. The summed E-state index contributed by atoms with van der Waals surface area (Å²) in [7, 11) is 0. The van der Waals surface area contributed by atoms with E-state index in [4.69, 9.17) is 5.73 Å². The first-order valence-electron chi connectivity index (χ1n) is 9.47. The summed E-state index contributed by atoms with van der Waals surface area (Å²) in [6, 6.07) is 6.65. The Hall–Kier alpha value is -2.21. The van der Waals surface area contributed by atoms with Crippen molar-refractivity contribution in [3.8, 4) is 5.69 Å². The summed E-state index contributed by atoms with van der Waals surface area (Å²) in [6.45, 7) is 3.38. The predicted octanol–water partition coefficient (Wildman–Crippen LogP) is 2.70. The number of rotatable bonds is 3. The molecule has 1 amide bonds. The van der Waals surface area contributed by atoms with Crippen LogP contribution in [0.3, 0.4) is 0 Å². The summed E-state index contributed by atoms with van der Waals surface area (Å²) in [6.07, 6.45) is 4.53. The van der Waals surface area contributed by atoms with Crippen molar-refractivity contribution in [2.45, 2.75) is 45.1 Å². The van der Waals surface area contributed by atoms with E-state index < -0.39 is 0 Å². The van der Waals surface area contributed by atoms with Crippen LogP contribution in [0, 0.1) is 11.7 Å². The lowest BCUT2D eigenvalue weighted by atomic mass is 9.92. The number of likely N-dealkylation sites (tertiary alicyclic amines) is 1. The van der Waals surface area contributed by atoms with E-state index in [9.17, 15) is 9.18 Å². The van der Waals surface area contributed by atoms with Gasteiger partial charge in [-0.2, -0.15) is 5.10 Å². The van der Waals surface area contributed by atoms with E-state index >= 15 is 0 Å². The number of nitrogens with zero attached hydrogens (tertiary/aromatic N) is 3. The van der Waals surface area contributed by atoms with Crippen LogP contribution in [0.25, 0.3) is 5.69 Å². The van der Waals surface area contributed by atoms with Gasteiger partial charge in [0.1, 0.15) is 11.5 Å². The highest BCUT2D eigenvalue weighted by atomic mass is 19.1. The Morgan fingerprint density at radius 3 is 2.92 bits per heavy atom. The van der Waals surface area contributed by atoms with Gasteiger partial charge >= 0.3 is 0 Å². The number of carbonyl (C=O) groups excluding carboxylic acids is 1. The topological polar surface area (TPSA) is 64.2 Å². The highest BCUT2D eigenvalue weighted by Crippen LogP contribution is 2.31. The smallest absolute Gasteiger partial charge is 0.274 e. The number of para-hydroxylation sites is 1. The summed E-state index contributed by atoms with van der Waals surface area (Å²) < 4.78 is 15.9. The average Bonchev–Trinajstić information content (AvgIpc) is 3.24. The third-order valence-corrected chi connectivity index (χ3v) is 5.72. The fraction of sp³-hybridized carbons (Fsp3) is 0.500. The third kappa shape index (κ3) is 2.82. The lowest BCUT2D eigenvalue weighted by molar-refractivity contribution is 0.0566. The van der Waals surface area contributed by atoms with E-state index in [1.165, 1.54) is 6.07 Å². The maximum absolute atomic E-state index is 14.3. The predicted molar refractivity (Wildman–Crippen MR) is 97.8 cm³/mol. The van der Waals surface area contributed by atoms with Crippen molar-refractivity contribution in [1.82, 2.24) is 14.7 Å². The lowest BCUT2D eigenvalue weighted by Crippen LogP contribution is -2.49. The van der Waals surface area contributed by atoms with Crippen LogP contribution in [0.4, 0.5) is 4.39 Å². The molecule has 1 aromatic heterocycles. The molecule has 1 fully saturated rings. The summed E-state index contributed by atoms with van der Waals surface area (Å²) in [5.41, 5.74) is 8.77. The van der Waals surface area contributed by atoms with Crippen LogP contribution in [-0.4, -0.2) is 39.7 Å². The van der Waals surface area contributed by atoms with Gasteiger partial charge < -0.3 is 10.6 Å². The fourth-order valence-electron chi connectivity index (χ4n) is 4.31. The van der Waals surface area contributed by atoms with Gasteiger partial charge in [0.25, 0.3) is 5.91 Å². The number of hydrogen-bond donors (Lipinski definition) is 1. The van der Waals surface area contributed by atoms with E-state index in [0.29, 0.717) is 30.4 Å². The van der Waals surface area contributed by atoms with Crippen LogP contribution < -0.4 is 5.73 Å². The van der Waals surface area contributed by atoms with Gasteiger partial charge in [-0.05, 0) is 50.2 Å². The van der Waals surface area contributed by atoms with E-state index in [0.717, 1.165) is 43.4 Å². The fourth-order valence-corrected chi connectivity index (χ4v) is 4.31. The molecule has 2 aromatic rings. The minimum atomic E-state index is -0.324. The number of piperidine rings is 1. The van der Waals surface area contributed by atoms with Crippen molar-refractivity contribution >= 4 is 5.91 Å². The summed E-state index contributed by atoms with van der Waals surface area (Å²) in [5.74, 6) is 0.199. The number of fused-ring (bicyclic) bond motifs is 1. The molecule has 1 aromatic carbocycles. The minimum Gasteiger partial charge on any atom is -0.333 e. The number of carbonyl (C=O) groups is 1. The van der Waals surface area contributed by atoms with Crippen molar-refractivity contribution < 1.29 is 9.18 Å². The molecule has 0 spiro atoms. The molecule has 138 valence electrons. The molecule has 2 atom stereocenters. The number of hydrogen-bond acceptors (Lipinski definition) is 3. The van der Waals surface area contributed by atoms with Crippen molar-refractivity contribution in [3.05, 3.63) is 47.0 Å². The number of aromatic nitrogens is 2. The molecule has 26 heavy (non-hydrogen) atoms. The number of halogens is 1. The lowest BCUT2D eigenvalue weighted by Gasteiger charge is -2.37. The molecule has 0 saturated carbocycles. The Balaban J connectivity index is 1.73. The molecular weight excluding hydrogens is 331 g/mol. The highest BCUT2D eigenvalue weighted by molar-refractivity contribution is 5.94. The summed E-state index contributed by atoms with van der Waals surface area (Å²) in [4.78, 5) is 15.1. The number of benzene rings is 1. The quantitative estimate of drug-likeness (QED) is 0.920. The molecule has 1 saturated heterocycles. The highest BCUT2D eigenvalue weighted by Gasteiger charge is 2.34. The average molecular weight is 356 g/mol. The maximum Gasteiger partial charge on any atom is 0.274 e. The number of nitrogens with two attached hydrogens (primary N) is 1. The molecular formula is C20H25FN4O. The van der Waals surface area contributed by atoms with Crippen molar-refractivity contribution in [3.63, 3.8) is 0 Å². The van der Waals surface area contributed by atoms with Crippen LogP contribution in [0.15, 0.2) is 24.3 Å². The molecule has 1 aliphatic carbocycles. The standard InChI is InChI=1S/C20H25FN4O/c1-13-9-10-24(14(11-13)12-22)20(26)19-15-5-4-8-17(15)25(23-19)18-7-3-2-6-16(18)21/h2-3,6-7,13-14H,4-5,8-12,22H2,1H3. The Bertz CT molecular complexity index is 831. The molecule has 1 aliphatic heterocycles. The summed E-state index contributed by atoms with van der Waals surface area (Å²) in [5, 5.41) is 4.57. The van der Waals surface area contributed by atoms with Crippen molar-refractivity contribution in [2.75, 3.05) is 13.1 Å². The second-order valence-electron chi connectivity index (χ2n) is 7.51. The molecule has 2 unspecified atom stereocenters. The van der Waals surface area contributed by atoms with Gasteiger partial charge in [0.05, 0.1) is 0 Å². The molecule has 2 N–H and O–H groups in total. The first-order chi connectivity index (χ1) is 12.6. The SMILES string of the molecule is CC1CCN(C(=O)c2nn(-c3ccccc3F)c3c2CCC3)C(CN)C1. The zero-order valence-corrected chi connectivity index (χ0v) is 15.1. The van der Waals surface area contributed by atoms with Gasteiger partial charge in [0, 0.05) is 30.4 Å². The van der Waals surface area contributed by atoms with Crippen LogP contribution >= 0.6 is 0 Å². The van der Waals surface area contributed by atoms with Gasteiger partial charge in [-0.1, -0.05) is 19.1 Å². The van der Waals surface area contributed by atoms with E-state index in [-0.39, 0.29) is 17.8 Å². The van der Waals surface area contributed by atoms with Crippen LogP contribution in [0.5, 0.6) is 0 Å². The Morgan fingerprint density at radius 1 is 1.35 bits per heavy atom. The molecule has 0 radical (unpaired) electrons. The second-order valence-corrected chi connectivity index (χ2v) is 7.51. The minimum absolute atomic E-state index is 0.0550. The van der Waals surface area contributed by atoms with Crippen molar-refractivity contribution in [2.24, 2.45) is 11.7 Å². The molecule has 2 heterocycles. The Kier molecular flexibility index (Phi) is 4.53. The van der Waals surface area contributed by atoms with E-state index in [1.54, 1.807) is 22.9 Å². The zero-order chi connectivity index (χ0) is 18.3. The maximum atomic E-state index is 14.3.